The van der Waals surface area contributed by atoms with Crippen molar-refractivity contribution >= 4 is 45.5 Å². The Kier molecular flexibility index (Phi) is 5.68. The number of methoxy groups -OCH3 is 1. The molecule has 0 bridgehead atoms. The molecule has 0 radical (unpaired) electrons. The quantitative estimate of drug-likeness (QED) is 0.193. The first kappa shape index (κ1) is 23.4. The van der Waals surface area contributed by atoms with Crippen molar-refractivity contribution in [2.45, 2.75) is 26.8 Å². The molecule has 1 atom stereocenters. The number of anilines is 1. The number of benzene rings is 1. The standard InChI is InChI=1S/C26H22N4O5S/c1-13-8-10-16(11-9-13)20-18(21(31)19-14(2)27-17-7-5-6-12-29(17)19)22(32)24(33)30(20)26-28-15(3)23(36-26)25(34)35-4/h5-12,20,31H,1-4H3/b21-18+. The highest BCUT2D eigenvalue weighted by Crippen LogP contribution is 2.44. The van der Waals surface area contributed by atoms with E-state index >= 15 is 0 Å². The van der Waals surface area contributed by atoms with E-state index in [1.807, 2.05) is 25.1 Å². The number of hydrogen-bond donors (Lipinski definition) is 1. The van der Waals surface area contributed by atoms with E-state index in [1.165, 1.54) is 12.0 Å². The van der Waals surface area contributed by atoms with E-state index in [4.69, 9.17) is 4.74 Å². The number of hydrogen-bond acceptors (Lipinski definition) is 8. The normalized spacial score (nSPS) is 17.2. The van der Waals surface area contributed by atoms with Gasteiger partial charge < -0.3 is 9.84 Å². The van der Waals surface area contributed by atoms with Gasteiger partial charge in [0.2, 0.25) is 0 Å². The number of fused-ring (bicyclic) bond motifs is 1. The van der Waals surface area contributed by atoms with E-state index in [2.05, 4.69) is 9.97 Å². The predicted octanol–water partition coefficient (Wildman–Crippen LogP) is 4.13. The van der Waals surface area contributed by atoms with Gasteiger partial charge in [0.05, 0.1) is 30.1 Å². The summed E-state index contributed by atoms with van der Waals surface area (Å²) in [4.78, 5) is 49.4. The molecule has 5 rings (SSSR count). The number of amides is 1. The maximum atomic E-state index is 13.5. The highest BCUT2D eigenvalue weighted by atomic mass is 32.1. The molecule has 1 unspecified atom stereocenters. The summed E-state index contributed by atoms with van der Waals surface area (Å²) in [7, 11) is 1.26. The van der Waals surface area contributed by atoms with Crippen LogP contribution in [0.4, 0.5) is 5.13 Å². The van der Waals surface area contributed by atoms with Crippen molar-refractivity contribution in [2.24, 2.45) is 0 Å². The Morgan fingerprint density at radius 1 is 1.03 bits per heavy atom. The number of aliphatic hydroxyl groups excluding tert-OH is 1. The number of pyridine rings is 1. The molecule has 9 nitrogen and oxygen atoms in total. The summed E-state index contributed by atoms with van der Waals surface area (Å²) in [5.41, 5.74) is 3.33. The average molecular weight is 503 g/mol. The summed E-state index contributed by atoms with van der Waals surface area (Å²) >= 11 is 0.959. The highest BCUT2D eigenvalue weighted by Gasteiger charge is 2.49. The highest BCUT2D eigenvalue weighted by molar-refractivity contribution is 7.17. The van der Waals surface area contributed by atoms with Crippen LogP contribution < -0.4 is 4.90 Å². The van der Waals surface area contributed by atoms with Gasteiger partial charge in [0.15, 0.2) is 10.9 Å². The number of nitrogens with zero attached hydrogens (tertiary/aromatic N) is 4. The second kappa shape index (κ2) is 8.72. The smallest absolute Gasteiger partial charge is 0.350 e. The van der Waals surface area contributed by atoms with Crippen LogP contribution in [0, 0.1) is 20.8 Å². The van der Waals surface area contributed by atoms with Gasteiger partial charge in [-0.3, -0.25) is 18.9 Å². The van der Waals surface area contributed by atoms with Crippen LogP contribution in [-0.4, -0.2) is 44.2 Å². The Morgan fingerprint density at radius 2 is 1.75 bits per heavy atom. The fraction of sp³-hybridized carbons (Fsp3) is 0.192. The summed E-state index contributed by atoms with van der Waals surface area (Å²) in [5, 5.41) is 11.7. The molecular formula is C26H22N4O5S. The summed E-state index contributed by atoms with van der Waals surface area (Å²) in [6.07, 6.45) is 1.73. The average Bonchev–Trinajstić information content (AvgIpc) is 3.49. The van der Waals surface area contributed by atoms with Crippen LogP contribution in [0.1, 0.15) is 43.9 Å². The Labute approximate surface area is 210 Å². The maximum absolute atomic E-state index is 13.5. The predicted molar refractivity (Wildman–Crippen MR) is 134 cm³/mol. The first-order chi connectivity index (χ1) is 17.2. The summed E-state index contributed by atoms with van der Waals surface area (Å²) in [5.74, 6) is -2.62. The summed E-state index contributed by atoms with van der Waals surface area (Å²) in [6, 6.07) is 11.8. The van der Waals surface area contributed by atoms with Crippen molar-refractivity contribution in [1.82, 2.24) is 14.4 Å². The Morgan fingerprint density at radius 3 is 2.44 bits per heavy atom. The third kappa shape index (κ3) is 3.57. The minimum atomic E-state index is -0.963. The van der Waals surface area contributed by atoms with Crippen molar-refractivity contribution in [3.63, 3.8) is 0 Å². The van der Waals surface area contributed by atoms with Gasteiger partial charge in [-0.1, -0.05) is 47.2 Å². The molecule has 4 aromatic rings. The first-order valence-corrected chi connectivity index (χ1v) is 11.9. The van der Waals surface area contributed by atoms with Crippen LogP contribution in [0.3, 0.4) is 0 Å². The van der Waals surface area contributed by atoms with Gasteiger partial charge in [0.25, 0.3) is 5.78 Å². The monoisotopic (exact) mass is 502 g/mol. The number of ether oxygens (including phenoxy) is 1. The van der Waals surface area contributed by atoms with Crippen molar-refractivity contribution in [1.29, 1.82) is 0 Å². The van der Waals surface area contributed by atoms with Crippen LogP contribution in [0.2, 0.25) is 0 Å². The molecule has 0 aliphatic carbocycles. The van der Waals surface area contributed by atoms with Crippen LogP contribution >= 0.6 is 11.3 Å². The molecule has 182 valence electrons. The molecule has 1 saturated heterocycles. The molecule has 1 aliphatic heterocycles. The lowest BCUT2D eigenvalue weighted by Gasteiger charge is -2.23. The Hall–Kier alpha value is -4.31. The van der Waals surface area contributed by atoms with Gasteiger partial charge in [0.1, 0.15) is 16.2 Å². The molecule has 1 fully saturated rings. The SMILES string of the molecule is COC(=O)c1sc(N2C(=O)C(=O)/C(=C(/O)c3c(C)nc4ccccn34)C2c2ccc(C)cc2)nc1C. The van der Waals surface area contributed by atoms with Crippen LogP contribution in [-0.2, 0) is 14.3 Å². The zero-order valence-electron chi connectivity index (χ0n) is 20.0. The molecule has 1 aliphatic rings. The van der Waals surface area contributed by atoms with E-state index in [0.717, 1.165) is 16.9 Å². The fourth-order valence-corrected chi connectivity index (χ4v) is 5.40. The number of rotatable bonds is 4. The van der Waals surface area contributed by atoms with Crippen LogP contribution in [0.25, 0.3) is 11.4 Å². The second-order valence-electron chi connectivity index (χ2n) is 8.46. The number of esters is 1. The largest absolute Gasteiger partial charge is 0.505 e. The number of Topliss-reactive ketones (excluding diaryl/α,β-unsaturated/α-hetero) is 1. The van der Waals surface area contributed by atoms with E-state index in [1.54, 1.807) is 48.7 Å². The summed E-state index contributed by atoms with van der Waals surface area (Å²) in [6.45, 7) is 5.28. The molecule has 1 amide bonds. The number of aromatic nitrogens is 3. The lowest BCUT2D eigenvalue weighted by Crippen LogP contribution is -2.29. The second-order valence-corrected chi connectivity index (χ2v) is 9.43. The number of aliphatic hydroxyl groups is 1. The molecule has 1 aromatic carbocycles. The fourth-order valence-electron chi connectivity index (χ4n) is 4.39. The number of carbonyl (C=O) groups is 3. The van der Waals surface area contributed by atoms with Crippen molar-refractivity contribution in [2.75, 3.05) is 12.0 Å². The number of thiazole rings is 1. The van der Waals surface area contributed by atoms with Crippen molar-refractivity contribution in [3.8, 4) is 0 Å². The Bertz CT molecular complexity index is 1580. The Balaban J connectivity index is 1.76. The number of carbonyl (C=O) groups excluding carboxylic acids is 3. The van der Waals surface area contributed by atoms with E-state index < -0.39 is 23.7 Å². The maximum Gasteiger partial charge on any atom is 0.350 e. The molecule has 10 heteroatoms. The zero-order chi connectivity index (χ0) is 25.7. The van der Waals surface area contributed by atoms with Gasteiger partial charge in [0, 0.05) is 6.20 Å². The molecule has 1 N–H and O–H groups in total. The minimum absolute atomic E-state index is 0.0786. The zero-order valence-corrected chi connectivity index (χ0v) is 20.8. The lowest BCUT2D eigenvalue weighted by molar-refractivity contribution is -0.132. The number of imidazole rings is 1. The molecule has 3 aromatic heterocycles. The third-order valence-electron chi connectivity index (χ3n) is 6.13. The van der Waals surface area contributed by atoms with Gasteiger partial charge >= 0.3 is 11.9 Å². The van der Waals surface area contributed by atoms with Gasteiger partial charge in [-0.05, 0) is 38.5 Å². The molecular weight excluding hydrogens is 480 g/mol. The molecule has 0 saturated carbocycles. The summed E-state index contributed by atoms with van der Waals surface area (Å²) < 4.78 is 6.50. The number of aryl methyl sites for hydroxylation is 3. The van der Waals surface area contributed by atoms with Gasteiger partial charge in [-0.25, -0.2) is 14.8 Å². The molecule has 36 heavy (non-hydrogen) atoms. The van der Waals surface area contributed by atoms with Crippen LogP contribution in [0.5, 0.6) is 0 Å². The van der Waals surface area contributed by atoms with E-state index in [0.29, 0.717) is 28.3 Å². The van der Waals surface area contributed by atoms with Crippen molar-refractivity contribution in [3.05, 3.63) is 87.3 Å². The van der Waals surface area contributed by atoms with E-state index in [-0.39, 0.29) is 21.3 Å². The first-order valence-electron chi connectivity index (χ1n) is 11.1. The van der Waals surface area contributed by atoms with Gasteiger partial charge in [-0.15, -0.1) is 0 Å². The minimum Gasteiger partial charge on any atom is -0.505 e. The third-order valence-corrected chi connectivity index (χ3v) is 7.26. The van der Waals surface area contributed by atoms with E-state index in [9.17, 15) is 19.5 Å². The van der Waals surface area contributed by atoms with Crippen molar-refractivity contribution < 1.29 is 24.2 Å². The van der Waals surface area contributed by atoms with Gasteiger partial charge in [-0.2, -0.15) is 0 Å². The molecule has 4 heterocycles. The topological polar surface area (TPSA) is 114 Å². The molecule has 0 spiro atoms. The number of ketones is 1. The lowest BCUT2D eigenvalue weighted by atomic mass is 9.96. The van der Waals surface area contributed by atoms with Crippen LogP contribution in [0.15, 0.2) is 54.2 Å².